The first-order chi connectivity index (χ1) is 17.9. The molecule has 0 aromatic carbocycles. The molecule has 10 N–H and O–H groups in total. The summed E-state index contributed by atoms with van der Waals surface area (Å²) in [6.07, 6.45) is -21.5. The minimum absolute atomic E-state index is 0.480. The molecular weight excluding hydrogens is 522 g/mol. The molecule has 15 atom stereocenters. The van der Waals surface area contributed by atoms with E-state index in [9.17, 15) is 50.8 Å². The van der Waals surface area contributed by atoms with Crippen molar-refractivity contribution in [2.45, 2.75) is 99.0 Å². The van der Waals surface area contributed by atoms with E-state index in [0.717, 1.165) is 6.92 Å². The van der Waals surface area contributed by atoms with Gasteiger partial charge in [-0.15, -0.1) is 0 Å². The minimum Gasteiger partial charge on any atom is -0.394 e. The number of amides is 1. The summed E-state index contributed by atoms with van der Waals surface area (Å²) in [6, 6.07) is -1.39. The van der Waals surface area contributed by atoms with E-state index in [1.165, 1.54) is 7.11 Å². The van der Waals surface area contributed by atoms with Crippen molar-refractivity contribution < 1.29 is 79.2 Å². The molecule has 38 heavy (non-hydrogen) atoms. The second-order valence-corrected chi connectivity index (χ2v) is 9.32. The van der Waals surface area contributed by atoms with Crippen molar-refractivity contribution >= 4 is 5.91 Å². The van der Waals surface area contributed by atoms with Crippen molar-refractivity contribution in [3.8, 4) is 0 Å². The van der Waals surface area contributed by atoms with Crippen LogP contribution in [0.2, 0.25) is 0 Å². The third kappa shape index (κ3) is 6.60. The summed E-state index contributed by atoms with van der Waals surface area (Å²) in [5.74, 6) is -0.631. The Morgan fingerprint density at radius 2 is 1.29 bits per heavy atom. The van der Waals surface area contributed by atoms with Gasteiger partial charge in [0.2, 0.25) is 5.91 Å². The molecule has 0 radical (unpaired) electrons. The van der Waals surface area contributed by atoms with E-state index in [0.29, 0.717) is 0 Å². The molecule has 3 heterocycles. The number of ether oxygens (including phenoxy) is 6. The van der Waals surface area contributed by atoms with Crippen molar-refractivity contribution in [2.75, 3.05) is 26.9 Å². The summed E-state index contributed by atoms with van der Waals surface area (Å²) in [5, 5.41) is 93.3. The van der Waals surface area contributed by atoms with Crippen LogP contribution in [0.3, 0.4) is 0 Å². The second-order valence-electron chi connectivity index (χ2n) is 9.32. The Hall–Kier alpha value is -1.13. The lowest BCUT2D eigenvalue weighted by Gasteiger charge is -2.47. The molecular formula is C21H37NO16. The average molecular weight is 560 g/mol. The number of aliphatic hydroxyl groups is 9. The molecule has 3 aliphatic heterocycles. The topological polar surface area (TPSA) is 267 Å². The highest BCUT2D eigenvalue weighted by Gasteiger charge is 2.52. The molecule has 0 aromatic rings. The van der Waals surface area contributed by atoms with Gasteiger partial charge in [-0.25, -0.2) is 0 Å². The van der Waals surface area contributed by atoms with Crippen LogP contribution in [0.4, 0.5) is 0 Å². The monoisotopic (exact) mass is 559 g/mol. The van der Waals surface area contributed by atoms with E-state index in [4.69, 9.17) is 28.4 Å². The number of hydrogen-bond donors (Lipinski definition) is 10. The third-order valence-electron chi connectivity index (χ3n) is 6.72. The fourth-order valence-electron chi connectivity index (χ4n) is 4.61. The van der Waals surface area contributed by atoms with Crippen LogP contribution in [0, 0.1) is 0 Å². The number of methoxy groups -OCH3 is 1. The summed E-state index contributed by atoms with van der Waals surface area (Å²) >= 11 is 0. The van der Waals surface area contributed by atoms with E-state index in [2.05, 4.69) is 5.32 Å². The van der Waals surface area contributed by atoms with Crippen molar-refractivity contribution in [2.24, 2.45) is 0 Å². The number of hydrogen-bond acceptors (Lipinski definition) is 16. The first-order valence-corrected chi connectivity index (χ1v) is 12.0. The first-order valence-electron chi connectivity index (χ1n) is 12.0. The van der Waals surface area contributed by atoms with Crippen LogP contribution >= 0.6 is 0 Å². The molecule has 17 heteroatoms. The second kappa shape index (κ2) is 13.5. The quantitative estimate of drug-likeness (QED) is 0.126. The lowest BCUT2D eigenvalue weighted by Crippen LogP contribution is -2.67. The van der Waals surface area contributed by atoms with Crippen LogP contribution in [0.15, 0.2) is 0 Å². The molecule has 3 aliphatic rings. The van der Waals surface area contributed by atoms with Crippen molar-refractivity contribution in [3.05, 3.63) is 0 Å². The maximum Gasteiger partial charge on any atom is 0.217 e. The summed E-state index contributed by atoms with van der Waals surface area (Å²) in [5.41, 5.74) is 0. The van der Waals surface area contributed by atoms with Crippen LogP contribution in [0.25, 0.3) is 0 Å². The molecule has 0 aromatic heterocycles. The highest BCUT2D eigenvalue weighted by molar-refractivity contribution is 5.73. The molecule has 3 saturated heterocycles. The summed E-state index contributed by atoms with van der Waals surface area (Å²) in [7, 11) is 1.22. The standard InChI is InChI=1S/C21H37NO16/c1-6(25)22-10-13(28)11(26)7(3-23)36-20(10)38-18-14(29)12(27)8(4-24)37-21(18)34-5-9-17(33-2)15(30)16(31)19(32)35-9/h7-21,23-24,26-32H,3-5H2,1-2H3,(H,22,25)/t7-,8-,9-,10-,11-,12-,13-,14+,15-,16-,17-,18+,19-,20+,21+/m1/s1. The highest BCUT2D eigenvalue weighted by atomic mass is 16.8. The Balaban J connectivity index is 1.82. The van der Waals surface area contributed by atoms with Gasteiger partial charge in [0.15, 0.2) is 18.9 Å². The van der Waals surface area contributed by atoms with Crippen molar-refractivity contribution in [1.29, 1.82) is 0 Å². The highest BCUT2D eigenvalue weighted by Crippen LogP contribution is 2.31. The number of nitrogens with one attached hydrogen (secondary N) is 1. The van der Waals surface area contributed by atoms with Crippen LogP contribution in [-0.4, -0.2) is 171 Å². The largest absolute Gasteiger partial charge is 0.394 e. The van der Waals surface area contributed by atoms with E-state index in [1.54, 1.807) is 0 Å². The Morgan fingerprint density at radius 3 is 1.84 bits per heavy atom. The smallest absolute Gasteiger partial charge is 0.217 e. The molecule has 0 spiro atoms. The predicted molar refractivity (Wildman–Crippen MR) is 118 cm³/mol. The zero-order chi connectivity index (χ0) is 28.3. The van der Waals surface area contributed by atoms with Crippen LogP contribution in [-0.2, 0) is 33.2 Å². The van der Waals surface area contributed by atoms with E-state index in [1.807, 2.05) is 0 Å². The lowest BCUT2D eigenvalue weighted by atomic mass is 9.95. The van der Waals surface area contributed by atoms with Crippen molar-refractivity contribution in [1.82, 2.24) is 5.32 Å². The lowest BCUT2D eigenvalue weighted by molar-refractivity contribution is -0.362. The van der Waals surface area contributed by atoms with Gasteiger partial charge in [0.1, 0.15) is 73.2 Å². The van der Waals surface area contributed by atoms with Gasteiger partial charge >= 0.3 is 0 Å². The van der Waals surface area contributed by atoms with Gasteiger partial charge in [0.25, 0.3) is 0 Å². The summed E-state index contributed by atoms with van der Waals surface area (Å²) in [4.78, 5) is 11.7. The Kier molecular flexibility index (Phi) is 11.1. The maximum absolute atomic E-state index is 11.7. The number of rotatable bonds is 9. The molecule has 3 rings (SSSR count). The van der Waals surface area contributed by atoms with Crippen LogP contribution in [0.5, 0.6) is 0 Å². The molecule has 222 valence electrons. The maximum atomic E-state index is 11.7. The van der Waals surface area contributed by atoms with Gasteiger partial charge < -0.3 is 79.7 Å². The molecule has 1 amide bonds. The fraction of sp³-hybridized carbons (Fsp3) is 0.952. The summed E-state index contributed by atoms with van der Waals surface area (Å²) < 4.78 is 32.9. The molecule has 0 unspecified atom stereocenters. The van der Waals surface area contributed by atoms with E-state index < -0.39 is 118 Å². The molecule has 0 saturated carbocycles. The number of aliphatic hydroxyl groups excluding tert-OH is 9. The third-order valence-corrected chi connectivity index (χ3v) is 6.72. The molecule has 0 aliphatic carbocycles. The SMILES string of the molecule is CO[C@H]1[C@H](O)[C@@H](O)[C@H](O)O[C@@H]1CO[C@H]1O[C@H](CO)[C@@H](O)[C@H](O)[C@@H]1O[C@@H]1O[C@H](CO)[C@@H](O)[C@H](O)[C@H]1NC(C)=O. The fourth-order valence-corrected chi connectivity index (χ4v) is 4.61. The Morgan fingerprint density at radius 1 is 0.737 bits per heavy atom. The number of carbonyl (C=O) groups is 1. The van der Waals surface area contributed by atoms with Crippen LogP contribution < -0.4 is 5.32 Å². The van der Waals surface area contributed by atoms with Gasteiger partial charge in [-0.05, 0) is 0 Å². The van der Waals surface area contributed by atoms with E-state index >= 15 is 0 Å². The van der Waals surface area contributed by atoms with Gasteiger partial charge in [-0.3, -0.25) is 4.79 Å². The normalized spacial score (nSPS) is 48.0. The van der Waals surface area contributed by atoms with Gasteiger partial charge in [-0.1, -0.05) is 0 Å². The molecule has 17 nitrogen and oxygen atoms in total. The van der Waals surface area contributed by atoms with Gasteiger partial charge in [0, 0.05) is 14.0 Å². The van der Waals surface area contributed by atoms with Gasteiger partial charge in [0.05, 0.1) is 19.8 Å². The van der Waals surface area contributed by atoms with Crippen LogP contribution in [0.1, 0.15) is 6.92 Å². The minimum atomic E-state index is -1.78. The Labute approximate surface area is 217 Å². The summed E-state index contributed by atoms with van der Waals surface area (Å²) in [6.45, 7) is -0.824. The zero-order valence-electron chi connectivity index (χ0n) is 20.7. The van der Waals surface area contributed by atoms with Gasteiger partial charge in [-0.2, -0.15) is 0 Å². The first kappa shape index (κ1) is 31.4. The molecule has 3 fully saturated rings. The average Bonchev–Trinajstić information content (AvgIpc) is 2.88. The number of carbonyl (C=O) groups excluding carboxylic acids is 1. The zero-order valence-corrected chi connectivity index (χ0v) is 20.7. The predicted octanol–water partition coefficient (Wildman–Crippen LogP) is -6.78. The Bertz CT molecular complexity index is 763. The van der Waals surface area contributed by atoms with Crippen molar-refractivity contribution in [3.63, 3.8) is 0 Å². The molecule has 0 bridgehead atoms. The van der Waals surface area contributed by atoms with E-state index in [-0.39, 0.29) is 0 Å².